The van der Waals surface area contributed by atoms with Crippen LogP contribution in [0, 0.1) is 17.3 Å². The van der Waals surface area contributed by atoms with Gasteiger partial charge >= 0.3 is 6.09 Å². The van der Waals surface area contributed by atoms with Crippen LogP contribution >= 0.6 is 0 Å². The molecule has 4 heteroatoms. The molecule has 0 N–H and O–H groups in total. The zero-order valence-electron chi connectivity index (χ0n) is 13.4. The van der Waals surface area contributed by atoms with Crippen LogP contribution in [0.25, 0.3) is 0 Å². The molecule has 0 unspecified atom stereocenters. The first-order chi connectivity index (χ1) is 9.73. The highest BCUT2D eigenvalue weighted by molar-refractivity contribution is 6.00. The fraction of sp³-hybridized carbons (Fsp3) is 0.765. The van der Waals surface area contributed by atoms with Crippen LogP contribution in [0.15, 0.2) is 12.2 Å². The molecule has 4 fully saturated rings. The van der Waals surface area contributed by atoms with Gasteiger partial charge in [0.15, 0.2) is 0 Å². The molecule has 0 aromatic heterocycles. The van der Waals surface area contributed by atoms with Crippen LogP contribution in [0.5, 0.6) is 0 Å². The second-order valence-corrected chi connectivity index (χ2v) is 7.75. The van der Waals surface area contributed by atoms with E-state index in [1.54, 1.807) is 0 Å². The lowest BCUT2D eigenvalue weighted by Crippen LogP contribution is -2.51. The molecule has 2 amide bonds. The SMILES string of the molecule is C=C1[C@H]2[C@H]3C[C@]1(CCCC)[C@@H]2C(=O)N3C(=O)OC(C)(C)C. The van der Waals surface area contributed by atoms with E-state index in [9.17, 15) is 9.59 Å². The first-order valence-corrected chi connectivity index (χ1v) is 7.98. The standard InChI is InChI=1S/C17H25NO3/c1-6-7-8-17-9-11-12(10(17)2)13(17)14(19)18(11)15(20)21-16(3,4)5/h11-13H,2,6-9H2,1,3-5H3/t11-,12+,13+,17+/m1/s1. The second-order valence-electron chi connectivity index (χ2n) is 7.75. The van der Waals surface area contributed by atoms with E-state index in [1.165, 1.54) is 10.5 Å². The predicted molar refractivity (Wildman–Crippen MR) is 79.6 cm³/mol. The zero-order chi connectivity index (χ0) is 15.6. The molecular formula is C17H25NO3. The minimum absolute atomic E-state index is 0.0123. The van der Waals surface area contributed by atoms with Crippen molar-refractivity contribution >= 4 is 12.0 Å². The molecular weight excluding hydrogens is 266 g/mol. The number of carbonyl (C=O) groups excluding carboxylic acids is 2. The van der Waals surface area contributed by atoms with E-state index in [2.05, 4.69) is 13.5 Å². The van der Waals surface area contributed by atoms with Crippen LogP contribution < -0.4 is 0 Å². The van der Waals surface area contributed by atoms with E-state index in [0.29, 0.717) is 0 Å². The van der Waals surface area contributed by atoms with Gasteiger partial charge in [-0.1, -0.05) is 31.9 Å². The molecule has 4 rings (SSSR count). The summed E-state index contributed by atoms with van der Waals surface area (Å²) in [7, 11) is 0. The Morgan fingerprint density at radius 1 is 1.48 bits per heavy atom. The number of carbonyl (C=O) groups is 2. The number of unbranched alkanes of at least 4 members (excludes halogenated alkanes) is 1. The summed E-state index contributed by atoms with van der Waals surface area (Å²) in [6, 6.07) is -0.0123. The van der Waals surface area contributed by atoms with Crippen LogP contribution in [-0.2, 0) is 9.53 Å². The summed E-state index contributed by atoms with van der Waals surface area (Å²) in [5.41, 5.74) is 0.616. The Morgan fingerprint density at radius 2 is 2.14 bits per heavy atom. The fourth-order valence-corrected chi connectivity index (χ4v) is 4.59. The first kappa shape index (κ1) is 14.6. The molecule has 0 spiro atoms. The lowest BCUT2D eigenvalue weighted by Gasteiger charge is -2.47. The largest absolute Gasteiger partial charge is 0.443 e. The Labute approximate surface area is 126 Å². The number of hydrogen-bond acceptors (Lipinski definition) is 3. The highest BCUT2D eigenvalue weighted by atomic mass is 16.6. The lowest BCUT2D eigenvalue weighted by atomic mass is 9.55. The smallest absolute Gasteiger partial charge is 0.417 e. The number of nitrogens with zero attached hydrogens (tertiary/aromatic N) is 1. The molecule has 0 aromatic rings. The highest BCUT2D eigenvalue weighted by Gasteiger charge is 2.76. The summed E-state index contributed by atoms with van der Waals surface area (Å²) in [5.74, 6) is 0.130. The van der Waals surface area contributed by atoms with E-state index in [1.807, 2.05) is 20.8 Å². The summed E-state index contributed by atoms with van der Waals surface area (Å²) in [6.45, 7) is 11.9. The molecule has 1 heterocycles. The summed E-state index contributed by atoms with van der Waals surface area (Å²) in [5, 5.41) is 0. The molecule has 3 aliphatic carbocycles. The van der Waals surface area contributed by atoms with Crippen LogP contribution in [-0.4, -0.2) is 28.5 Å². The van der Waals surface area contributed by atoms with Crippen LogP contribution in [0.4, 0.5) is 4.79 Å². The molecule has 1 saturated heterocycles. The van der Waals surface area contributed by atoms with Crippen molar-refractivity contribution in [3.63, 3.8) is 0 Å². The van der Waals surface area contributed by atoms with E-state index in [4.69, 9.17) is 4.74 Å². The molecule has 0 radical (unpaired) electrons. The topological polar surface area (TPSA) is 46.6 Å². The van der Waals surface area contributed by atoms with E-state index in [-0.39, 0.29) is 29.2 Å². The Bertz CT molecular complexity index is 519. The number of hydrogen-bond donors (Lipinski definition) is 0. The van der Waals surface area contributed by atoms with Crippen molar-refractivity contribution in [3.8, 4) is 0 Å². The molecule has 21 heavy (non-hydrogen) atoms. The molecule has 4 aliphatic rings. The fourth-order valence-electron chi connectivity index (χ4n) is 4.59. The zero-order valence-corrected chi connectivity index (χ0v) is 13.4. The van der Waals surface area contributed by atoms with Crippen molar-refractivity contribution in [2.45, 2.75) is 65.0 Å². The summed E-state index contributed by atoms with van der Waals surface area (Å²) in [6.07, 6.45) is 3.69. The van der Waals surface area contributed by atoms with Crippen molar-refractivity contribution in [1.29, 1.82) is 0 Å². The molecule has 1 aliphatic heterocycles. The Kier molecular flexibility index (Phi) is 3.02. The third-order valence-electron chi connectivity index (χ3n) is 5.39. The molecule has 3 saturated carbocycles. The summed E-state index contributed by atoms with van der Waals surface area (Å²) < 4.78 is 5.40. The van der Waals surface area contributed by atoms with Crippen molar-refractivity contribution < 1.29 is 14.3 Å². The van der Waals surface area contributed by atoms with Gasteiger partial charge in [-0.3, -0.25) is 4.79 Å². The van der Waals surface area contributed by atoms with Gasteiger partial charge in [0.05, 0.1) is 12.0 Å². The number of likely N-dealkylation sites (tertiary alicyclic amines) is 1. The van der Waals surface area contributed by atoms with Gasteiger partial charge in [0.1, 0.15) is 5.60 Å². The maximum atomic E-state index is 12.6. The van der Waals surface area contributed by atoms with Gasteiger partial charge in [-0.15, -0.1) is 0 Å². The number of piperidine rings is 1. The maximum Gasteiger partial charge on any atom is 0.417 e. The van der Waals surface area contributed by atoms with Crippen molar-refractivity contribution in [1.82, 2.24) is 4.90 Å². The maximum absolute atomic E-state index is 12.6. The summed E-state index contributed by atoms with van der Waals surface area (Å²) in [4.78, 5) is 26.3. The normalized spacial score (nSPS) is 37.0. The average Bonchev–Trinajstić information content (AvgIpc) is 2.92. The number of ether oxygens (including phenoxy) is 1. The Hall–Kier alpha value is -1.32. The van der Waals surface area contributed by atoms with Crippen LogP contribution in [0.2, 0.25) is 0 Å². The van der Waals surface area contributed by atoms with E-state index in [0.717, 1.165) is 25.7 Å². The molecule has 0 aromatic carbocycles. The quantitative estimate of drug-likeness (QED) is 0.747. The molecule has 4 bridgehead atoms. The van der Waals surface area contributed by atoms with Crippen LogP contribution in [0.3, 0.4) is 0 Å². The minimum Gasteiger partial charge on any atom is -0.443 e. The van der Waals surface area contributed by atoms with Gasteiger partial charge in [-0.25, -0.2) is 9.69 Å². The molecule has 4 nitrogen and oxygen atoms in total. The van der Waals surface area contributed by atoms with Crippen LogP contribution in [0.1, 0.15) is 53.4 Å². The van der Waals surface area contributed by atoms with Crippen molar-refractivity contribution in [2.24, 2.45) is 17.3 Å². The lowest BCUT2D eigenvalue weighted by molar-refractivity contribution is -0.139. The Balaban J connectivity index is 1.79. The average molecular weight is 291 g/mol. The van der Waals surface area contributed by atoms with E-state index >= 15 is 0 Å². The first-order valence-electron chi connectivity index (χ1n) is 7.98. The van der Waals surface area contributed by atoms with Gasteiger partial charge in [0, 0.05) is 11.3 Å². The summed E-state index contributed by atoms with van der Waals surface area (Å²) >= 11 is 0. The number of rotatable bonds is 3. The van der Waals surface area contributed by atoms with E-state index < -0.39 is 11.7 Å². The van der Waals surface area contributed by atoms with Crippen molar-refractivity contribution in [2.75, 3.05) is 0 Å². The highest BCUT2D eigenvalue weighted by Crippen LogP contribution is 2.73. The van der Waals surface area contributed by atoms with Gasteiger partial charge in [0.25, 0.3) is 0 Å². The minimum atomic E-state index is -0.570. The van der Waals surface area contributed by atoms with Crippen molar-refractivity contribution in [3.05, 3.63) is 12.2 Å². The molecule has 116 valence electrons. The third-order valence-corrected chi connectivity index (χ3v) is 5.39. The number of amides is 2. The van der Waals surface area contributed by atoms with Gasteiger partial charge in [0.2, 0.25) is 5.91 Å². The second kappa shape index (κ2) is 4.34. The Morgan fingerprint density at radius 3 is 2.71 bits per heavy atom. The van der Waals surface area contributed by atoms with Gasteiger partial charge in [-0.05, 0) is 33.6 Å². The predicted octanol–water partition coefficient (Wildman–Crippen LogP) is 3.51. The monoisotopic (exact) mass is 291 g/mol. The molecule has 4 atom stereocenters. The van der Waals surface area contributed by atoms with Gasteiger partial charge in [-0.2, -0.15) is 0 Å². The van der Waals surface area contributed by atoms with Gasteiger partial charge < -0.3 is 4.74 Å². The third kappa shape index (κ3) is 1.80. The number of imide groups is 1.